The lowest BCUT2D eigenvalue weighted by molar-refractivity contribution is 0.410. The lowest BCUT2D eigenvalue weighted by Gasteiger charge is -2.39. The van der Waals surface area contributed by atoms with E-state index in [9.17, 15) is 4.39 Å². The summed E-state index contributed by atoms with van der Waals surface area (Å²) in [6.45, 7) is 0. The van der Waals surface area contributed by atoms with Gasteiger partial charge in [-0.2, -0.15) is 5.26 Å². The number of halogens is 1. The minimum Gasteiger partial charge on any atom is -0.363 e. The Morgan fingerprint density at radius 3 is 2.50 bits per heavy atom. The third-order valence-electron chi connectivity index (χ3n) is 4.12. The van der Waals surface area contributed by atoms with E-state index in [0.29, 0.717) is 23.3 Å². The Bertz CT molecular complexity index is 494. The topological polar surface area (TPSA) is 53.0 Å². The van der Waals surface area contributed by atoms with Crippen LogP contribution >= 0.6 is 0 Å². The minimum atomic E-state index is -0.290. The van der Waals surface area contributed by atoms with Gasteiger partial charge in [0.15, 0.2) is 0 Å². The molecule has 94 valence electrons. The molecule has 2 aliphatic heterocycles. The van der Waals surface area contributed by atoms with Crippen LogP contribution in [0.5, 0.6) is 0 Å². The number of hydrogen-bond acceptors (Lipinski definition) is 3. The van der Waals surface area contributed by atoms with Crippen LogP contribution in [0.2, 0.25) is 0 Å². The quantitative estimate of drug-likeness (QED) is 0.824. The zero-order valence-corrected chi connectivity index (χ0v) is 10.1. The van der Waals surface area contributed by atoms with Gasteiger partial charge in [-0.05, 0) is 43.9 Å². The molecule has 3 rings (SSSR count). The van der Waals surface area contributed by atoms with Gasteiger partial charge in [0.2, 0.25) is 0 Å². The maximum atomic E-state index is 14.1. The molecule has 2 heterocycles. The van der Waals surface area contributed by atoms with Gasteiger partial charge in [-0.1, -0.05) is 0 Å². The van der Waals surface area contributed by atoms with Gasteiger partial charge in [-0.25, -0.2) is 4.39 Å². The van der Waals surface area contributed by atoms with E-state index < -0.39 is 0 Å². The smallest absolute Gasteiger partial charge is 0.147 e. The summed E-state index contributed by atoms with van der Waals surface area (Å²) in [5.41, 5.74) is 7.02. The third-order valence-corrected chi connectivity index (χ3v) is 4.12. The first-order valence-electron chi connectivity index (χ1n) is 6.42. The molecular formula is C14H16FN3. The SMILES string of the molecule is N#Cc1ccc(N2C3CCC2CC(N)C3)c(F)c1. The summed E-state index contributed by atoms with van der Waals surface area (Å²) in [6.07, 6.45) is 4.07. The summed E-state index contributed by atoms with van der Waals surface area (Å²) in [7, 11) is 0. The van der Waals surface area contributed by atoms with E-state index in [1.165, 1.54) is 6.07 Å². The zero-order valence-electron chi connectivity index (χ0n) is 10.1. The second-order valence-electron chi connectivity index (χ2n) is 5.30. The van der Waals surface area contributed by atoms with E-state index in [0.717, 1.165) is 25.7 Å². The second kappa shape index (κ2) is 4.25. The number of benzene rings is 1. The van der Waals surface area contributed by atoms with Crippen LogP contribution < -0.4 is 10.6 Å². The van der Waals surface area contributed by atoms with Gasteiger partial charge in [-0.3, -0.25) is 0 Å². The van der Waals surface area contributed by atoms with Gasteiger partial charge < -0.3 is 10.6 Å². The summed E-state index contributed by atoms with van der Waals surface area (Å²) >= 11 is 0. The molecule has 1 aromatic carbocycles. The molecule has 3 nitrogen and oxygen atoms in total. The van der Waals surface area contributed by atoms with Crippen molar-refractivity contribution in [3.8, 4) is 6.07 Å². The monoisotopic (exact) mass is 245 g/mol. The lowest BCUT2D eigenvalue weighted by atomic mass is 9.97. The molecule has 2 atom stereocenters. The minimum absolute atomic E-state index is 0.250. The highest BCUT2D eigenvalue weighted by molar-refractivity contribution is 5.54. The van der Waals surface area contributed by atoms with Gasteiger partial charge in [0.05, 0.1) is 17.3 Å². The van der Waals surface area contributed by atoms with Crippen LogP contribution in [0.3, 0.4) is 0 Å². The van der Waals surface area contributed by atoms with Gasteiger partial charge >= 0.3 is 0 Å². The number of anilines is 1. The Balaban J connectivity index is 1.94. The van der Waals surface area contributed by atoms with E-state index in [-0.39, 0.29) is 11.9 Å². The van der Waals surface area contributed by atoms with Crippen LogP contribution in [0.4, 0.5) is 10.1 Å². The Morgan fingerprint density at radius 2 is 1.94 bits per heavy atom. The summed E-state index contributed by atoms with van der Waals surface area (Å²) in [5.74, 6) is -0.290. The van der Waals surface area contributed by atoms with Crippen molar-refractivity contribution in [1.82, 2.24) is 0 Å². The van der Waals surface area contributed by atoms with Crippen molar-refractivity contribution in [2.75, 3.05) is 4.90 Å². The standard InChI is InChI=1S/C14H16FN3/c15-13-5-9(8-16)1-4-14(13)18-11-2-3-12(18)7-10(17)6-11/h1,4-5,10-12H,2-3,6-7,17H2. The molecule has 1 aromatic rings. The van der Waals surface area contributed by atoms with Crippen LogP contribution in [0.25, 0.3) is 0 Å². The predicted molar refractivity (Wildman–Crippen MR) is 67.6 cm³/mol. The molecule has 0 saturated carbocycles. The molecule has 2 unspecified atom stereocenters. The van der Waals surface area contributed by atoms with Crippen LogP contribution in [0, 0.1) is 17.1 Å². The fourth-order valence-electron chi connectivity index (χ4n) is 3.40. The zero-order chi connectivity index (χ0) is 12.7. The third kappa shape index (κ3) is 1.75. The fourth-order valence-corrected chi connectivity index (χ4v) is 3.40. The van der Waals surface area contributed by atoms with E-state index in [4.69, 9.17) is 11.0 Å². The van der Waals surface area contributed by atoms with Gasteiger partial charge in [-0.15, -0.1) is 0 Å². The molecule has 18 heavy (non-hydrogen) atoms. The number of hydrogen-bond donors (Lipinski definition) is 1. The Hall–Kier alpha value is -1.60. The predicted octanol–water partition coefficient (Wildman–Crippen LogP) is 2.16. The van der Waals surface area contributed by atoms with Crippen molar-refractivity contribution in [2.45, 2.75) is 43.8 Å². The van der Waals surface area contributed by atoms with Crippen LogP contribution in [0.1, 0.15) is 31.2 Å². The first-order valence-corrected chi connectivity index (χ1v) is 6.42. The van der Waals surface area contributed by atoms with E-state index in [2.05, 4.69) is 4.90 Å². The normalized spacial score (nSPS) is 30.3. The van der Waals surface area contributed by atoms with Crippen molar-refractivity contribution >= 4 is 5.69 Å². The molecule has 0 radical (unpaired) electrons. The molecule has 2 fully saturated rings. The maximum absolute atomic E-state index is 14.1. The Morgan fingerprint density at radius 1 is 1.28 bits per heavy atom. The van der Waals surface area contributed by atoms with E-state index >= 15 is 0 Å². The van der Waals surface area contributed by atoms with Gasteiger partial charge in [0.1, 0.15) is 5.82 Å². The van der Waals surface area contributed by atoms with Gasteiger partial charge in [0, 0.05) is 18.1 Å². The Kier molecular flexibility index (Phi) is 2.71. The summed E-state index contributed by atoms with van der Waals surface area (Å²) in [5, 5.41) is 8.77. The van der Waals surface area contributed by atoms with Crippen molar-refractivity contribution in [2.24, 2.45) is 5.73 Å². The molecule has 4 heteroatoms. The number of rotatable bonds is 1. The van der Waals surface area contributed by atoms with Crippen molar-refractivity contribution in [1.29, 1.82) is 5.26 Å². The van der Waals surface area contributed by atoms with Crippen molar-refractivity contribution < 1.29 is 4.39 Å². The molecule has 0 spiro atoms. The van der Waals surface area contributed by atoms with Crippen molar-refractivity contribution in [3.05, 3.63) is 29.6 Å². The molecule has 2 saturated heterocycles. The molecule has 2 aliphatic rings. The average Bonchev–Trinajstić information content (AvgIpc) is 2.61. The number of fused-ring (bicyclic) bond motifs is 2. The number of nitrogens with two attached hydrogens (primary N) is 1. The highest BCUT2D eigenvalue weighted by atomic mass is 19.1. The lowest BCUT2D eigenvalue weighted by Crippen LogP contribution is -2.47. The highest BCUT2D eigenvalue weighted by Crippen LogP contribution is 2.39. The fraction of sp³-hybridized carbons (Fsp3) is 0.500. The highest BCUT2D eigenvalue weighted by Gasteiger charge is 2.40. The first-order chi connectivity index (χ1) is 8.69. The maximum Gasteiger partial charge on any atom is 0.147 e. The summed E-state index contributed by atoms with van der Waals surface area (Å²) in [4.78, 5) is 2.18. The molecule has 2 bridgehead atoms. The largest absolute Gasteiger partial charge is 0.363 e. The summed E-state index contributed by atoms with van der Waals surface area (Å²) < 4.78 is 14.1. The summed E-state index contributed by atoms with van der Waals surface area (Å²) in [6, 6.07) is 7.68. The molecule has 0 amide bonds. The molecule has 2 N–H and O–H groups in total. The molecule has 0 aliphatic carbocycles. The number of nitriles is 1. The second-order valence-corrected chi connectivity index (χ2v) is 5.30. The van der Waals surface area contributed by atoms with E-state index in [1.807, 2.05) is 6.07 Å². The molecular weight excluding hydrogens is 229 g/mol. The Labute approximate surface area is 106 Å². The average molecular weight is 245 g/mol. The van der Waals surface area contributed by atoms with E-state index in [1.54, 1.807) is 12.1 Å². The number of piperidine rings is 1. The van der Waals surface area contributed by atoms with Gasteiger partial charge in [0.25, 0.3) is 0 Å². The van der Waals surface area contributed by atoms with Crippen molar-refractivity contribution in [3.63, 3.8) is 0 Å². The first kappa shape index (κ1) is 11.5. The van der Waals surface area contributed by atoms with Crippen LogP contribution in [0.15, 0.2) is 18.2 Å². The molecule has 0 aromatic heterocycles. The number of nitrogens with zero attached hydrogens (tertiary/aromatic N) is 2. The van der Waals surface area contributed by atoms with Crippen LogP contribution in [-0.2, 0) is 0 Å². The van der Waals surface area contributed by atoms with Crippen LogP contribution in [-0.4, -0.2) is 18.1 Å².